The highest BCUT2D eigenvalue weighted by atomic mass is 16.5. The van der Waals surface area contributed by atoms with Crippen LogP contribution in [0.15, 0.2) is 34.0 Å². The standard InChI is InChI=1S/C16H25N3O2/c1-6-17-12(4)15(11(2)3)18-13(5)16(20)19-14-7-9-21-10-8-14/h6,14H,1,7-10H2,2-5H3,(H,19,20). The predicted molar refractivity (Wildman–Crippen MR) is 86.8 cm³/mol. The number of amides is 1. The molecule has 0 aliphatic carbocycles. The maximum absolute atomic E-state index is 12.2. The van der Waals surface area contributed by atoms with Crippen LogP contribution in [-0.2, 0) is 9.53 Å². The first-order chi connectivity index (χ1) is 9.95. The summed E-state index contributed by atoms with van der Waals surface area (Å²) in [7, 11) is 0. The molecule has 0 aromatic carbocycles. The Kier molecular flexibility index (Phi) is 7.02. The van der Waals surface area contributed by atoms with Crippen LogP contribution in [0.25, 0.3) is 0 Å². The van der Waals surface area contributed by atoms with Crippen molar-refractivity contribution in [3.63, 3.8) is 0 Å². The summed E-state index contributed by atoms with van der Waals surface area (Å²) in [5.74, 6) is -0.132. The molecule has 0 aromatic heterocycles. The van der Waals surface area contributed by atoms with Crippen molar-refractivity contribution in [1.29, 1.82) is 0 Å². The number of carbonyl (C=O) groups excluding carboxylic acids is 1. The average molecular weight is 291 g/mol. The fraction of sp³-hybridized carbons (Fsp3) is 0.562. The lowest BCUT2D eigenvalue weighted by Gasteiger charge is -2.23. The topological polar surface area (TPSA) is 63.0 Å². The second-order valence-electron chi connectivity index (χ2n) is 5.30. The van der Waals surface area contributed by atoms with Crippen LogP contribution in [0.1, 0.15) is 40.5 Å². The van der Waals surface area contributed by atoms with E-state index in [0.717, 1.165) is 29.8 Å². The molecule has 0 radical (unpaired) electrons. The summed E-state index contributed by atoms with van der Waals surface area (Å²) in [5, 5.41) is 3.00. The van der Waals surface area contributed by atoms with E-state index in [4.69, 9.17) is 4.74 Å². The van der Waals surface area contributed by atoms with E-state index in [1.165, 1.54) is 6.20 Å². The van der Waals surface area contributed by atoms with Crippen molar-refractivity contribution < 1.29 is 9.53 Å². The molecular formula is C16H25N3O2. The van der Waals surface area contributed by atoms with Crippen molar-refractivity contribution in [2.45, 2.75) is 46.6 Å². The zero-order chi connectivity index (χ0) is 15.8. The third kappa shape index (κ3) is 5.63. The maximum Gasteiger partial charge on any atom is 0.265 e. The summed E-state index contributed by atoms with van der Waals surface area (Å²) < 4.78 is 5.28. The van der Waals surface area contributed by atoms with Crippen LogP contribution in [0.2, 0.25) is 0 Å². The molecule has 0 aromatic rings. The zero-order valence-corrected chi connectivity index (χ0v) is 13.4. The van der Waals surface area contributed by atoms with E-state index in [1.54, 1.807) is 6.92 Å². The summed E-state index contributed by atoms with van der Waals surface area (Å²) in [4.78, 5) is 20.8. The highest BCUT2D eigenvalue weighted by Crippen LogP contribution is 2.10. The van der Waals surface area contributed by atoms with Crippen molar-refractivity contribution in [2.24, 2.45) is 9.98 Å². The van der Waals surface area contributed by atoms with Crippen LogP contribution in [0.4, 0.5) is 0 Å². The average Bonchev–Trinajstić information content (AvgIpc) is 2.45. The highest BCUT2D eigenvalue weighted by molar-refractivity contribution is 6.38. The smallest absolute Gasteiger partial charge is 0.265 e. The second-order valence-corrected chi connectivity index (χ2v) is 5.30. The molecule has 1 rings (SSSR count). The Morgan fingerprint density at radius 3 is 2.33 bits per heavy atom. The van der Waals surface area contributed by atoms with Gasteiger partial charge in [0.25, 0.3) is 5.91 Å². The van der Waals surface area contributed by atoms with Crippen molar-refractivity contribution >= 4 is 17.3 Å². The van der Waals surface area contributed by atoms with Crippen LogP contribution < -0.4 is 5.32 Å². The molecule has 1 amide bonds. The van der Waals surface area contributed by atoms with Gasteiger partial charge in [0.2, 0.25) is 0 Å². The van der Waals surface area contributed by atoms with Gasteiger partial charge < -0.3 is 10.1 Å². The van der Waals surface area contributed by atoms with Crippen LogP contribution in [0, 0.1) is 0 Å². The number of ether oxygens (including phenoxy) is 1. The Hall–Kier alpha value is -1.75. The third-order valence-corrected chi connectivity index (χ3v) is 3.27. The second kappa shape index (κ2) is 8.52. The van der Waals surface area contributed by atoms with Gasteiger partial charge in [0.05, 0.1) is 11.4 Å². The largest absolute Gasteiger partial charge is 0.381 e. The summed E-state index contributed by atoms with van der Waals surface area (Å²) >= 11 is 0. The number of nitrogens with one attached hydrogen (secondary N) is 1. The Morgan fingerprint density at radius 1 is 1.19 bits per heavy atom. The van der Waals surface area contributed by atoms with E-state index in [1.807, 2.05) is 20.8 Å². The van der Waals surface area contributed by atoms with Crippen molar-refractivity contribution in [1.82, 2.24) is 5.32 Å². The number of hydrogen-bond acceptors (Lipinski definition) is 4. The summed E-state index contributed by atoms with van der Waals surface area (Å²) in [6.07, 6.45) is 3.18. The van der Waals surface area contributed by atoms with E-state index in [-0.39, 0.29) is 11.9 Å². The van der Waals surface area contributed by atoms with E-state index < -0.39 is 0 Å². The molecule has 21 heavy (non-hydrogen) atoms. The first-order valence-corrected chi connectivity index (χ1v) is 7.22. The molecule has 116 valence electrons. The summed E-state index contributed by atoms with van der Waals surface area (Å²) in [5.41, 5.74) is 2.94. The fourth-order valence-electron chi connectivity index (χ4n) is 2.10. The quantitative estimate of drug-likeness (QED) is 0.791. The Balaban J connectivity index is 2.80. The molecule has 0 unspecified atom stereocenters. The molecule has 1 heterocycles. The molecule has 1 aliphatic heterocycles. The number of allylic oxidation sites excluding steroid dienone is 2. The van der Waals surface area contributed by atoms with E-state index in [0.29, 0.717) is 18.9 Å². The maximum atomic E-state index is 12.2. The van der Waals surface area contributed by atoms with Crippen LogP contribution in [-0.4, -0.2) is 36.6 Å². The normalized spacial score (nSPS) is 17.3. The summed E-state index contributed by atoms with van der Waals surface area (Å²) in [6.45, 7) is 12.5. The molecule has 5 nitrogen and oxygen atoms in total. The van der Waals surface area contributed by atoms with Crippen molar-refractivity contribution in [2.75, 3.05) is 13.2 Å². The van der Waals surface area contributed by atoms with E-state index in [2.05, 4.69) is 21.9 Å². The van der Waals surface area contributed by atoms with Gasteiger partial charge in [-0.25, -0.2) is 4.99 Å². The lowest BCUT2D eigenvalue weighted by atomic mass is 10.1. The number of nitrogens with zero attached hydrogens (tertiary/aromatic N) is 2. The Bertz CT molecular complexity index is 480. The SMILES string of the molecule is C=CN=C(C)C(N=C(C)C(=O)NC1CCOCC1)=C(C)C. The molecule has 1 N–H and O–H groups in total. The van der Waals surface area contributed by atoms with Crippen molar-refractivity contribution in [3.8, 4) is 0 Å². The van der Waals surface area contributed by atoms with Crippen LogP contribution >= 0.6 is 0 Å². The molecule has 0 atom stereocenters. The van der Waals surface area contributed by atoms with E-state index >= 15 is 0 Å². The van der Waals surface area contributed by atoms with E-state index in [9.17, 15) is 4.79 Å². The lowest BCUT2D eigenvalue weighted by molar-refractivity contribution is -0.116. The minimum absolute atomic E-state index is 0.132. The van der Waals surface area contributed by atoms with Gasteiger partial charge in [-0.3, -0.25) is 9.79 Å². The molecule has 0 bridgehead atoms. The van der Waals surface area contributed by atoms with Gasteiger partial charge >= 0.3 is 0 Å². The monoisotopic (exact) mass is 291 g/mol. The number of rotatable bonds is 5. The van der Waals surface area contributed by atoms with Gasteiger partial charge in [-0.2, -0.15) is 0 Å². The Labute approximate surface area is 126 Å². The van der Waals surface area contributed by atoms with Gasteiger partial charge in [-0.1, -0.05) is 6.58 Å². The van der Waals surface area contributed by atoms with Gasteiger partial charge in [-0.15, -0.1) is 0 Å². The third-order valence-electron chi connectivity index (χ3n) is 3.27. The molecule has 5 heteroatoms. The first-order valence-electron chi connectivity index (χ1n) is 7.22. The van der Waals surface area contributed by atoms with Gasteiger partial charge in [-0.05, 0) is 46.1 Å². The Morgan fingerprint density at radius 2 is 1.81 bits per heavy atom. The van der Waals surface area contributed by atoms with Gasteiger partial charge in [0, 0.05) is 25.5 Å². The fourth-order valence-corrected chi connectivity index (χ4v) is 2.10. The number of carbonyl (C=O) groups is 1. The zero-order valence-electron chi connectivity index (χ0n) is 13.4. The minimum Gasteiger partial charge on any atom is -0.381 e. The van der Waals surface area contributed by atoms with Crippen LogP contribution in [0.5, 0.6) is 0 Å². The molecule has 0 spiro atoms. The number of aliphatic imine (C=N–C) groups is 2. The molecule has 1 saturated heterocycles. The lowest BCUT2D eigenvalue weighted by Crippen LogP contribution is -2.41. The van der Waals surface area contributed by atoms with Crippen LogP contribution in [0.3, 0.4) is 0 Å². The minimum atomic E-state index is -0.132. The molecule has 1 aliphatic rings. The first kappa shape index (κ1) is 17.3. The molecular weight excluding hydrogens is 266 g/mol. The summed E-state index contributed by atoms with van der Waals surface area (Å²) in [6, 6.07) is 0.175. The predicted octanol–water partition coefficient (Wildman–Crippen LogP) is 2.64. The van der Waals surface area contributed by atoms with Crippen molar-refractivity contribution in [3.05, 3.63) is 24.0 Å². The van der Waals surface area contributed by atoms with Gasteiger partial charge in [0.15, 0.2) is 0 Å². The van der Waals surface area contributed by atoms with Gasteiger partial charge in [0.1, 0.15) is 5.71 Å². The highest BCUT2D eigenvalue weighted by Gasteiger charge is 2.17. The number of hydrogen-bond donors (Lipinski definition) is 1. The molecule has 0 saturated carbocycles. The molecule has 1 fully saturated rings.